The third-order valence-electron chi connectivity index (χ3n) is 4.66. The number of hydrogen-bond acceptors (Lipinski definition) is 3. The second-order valence-corrected chi connectivity index (χ2v) is 19.1. The van der Waals surface area contributed by atoms with Gasteiger partial charge < -0.3 is 14.3 Å². The van der Waals surface area contributed by atoms with E-state index in [2.05, 4.69) is 59.2 Å². The highest BCUT2D eigenvalue weighted by Crippen LogP contribution is 2.40. The molecule has 0 aliphatic heterocycles. The molecule has 142 valence electrons. The molecule has 1 aromatic rings. The summed E-state index contributed by atoms with van der Waals surface area (Å²) in [5.41, 5.74) is 3.23. The molecule has 5 heteroatoms. The summed E-state index contributed by atoms with van der Waals surface area (Å²) in [5.74, 6) is 1.54. The van der Waals surface area contributed by atoms with Crippen LogP contribution in [0.15, 0.2) is 30.0 Å². The van der Waals surface area contributed by atoms with Gasteiger partial charge in [-0.25, -0.2) is 0 Å². The Morgan fingerprint density at radius 2 is 1.68 bits per heavy atom. The summed E-state index contributed by atoms with van der Waals surface area (Å²) < 4.78 is 11.9. The van der Waals surface area contributed by atoms with Crippen LogP contribution in [0.5, 0.6) is 11.5 Å². The van der Waals surface area contributed by atoms with Crippen molar-refractivity contribution < 1.29 is 14.3 Å². The van der Waals surface area contributed by atoms with Crippen molar-refractivity contribution >= 4 is 16.4 Å². The number of benzene rings is 1. The molecular formula is C20H36O3Si2. The molecule has 0 bridgehead atoms. The quantitative estimate of drug-likeness (QED) is 0.642. The van der Waals surface area contributed by atoms with Gasteiger partial charge in [0.1, 0.15) is 5.75 Å². The Balaban J connectivity index is 2.94. The van der Waals surface area contributed by atoms with Crippen molar-refractivity contribution in [2.45, 2.75) is 71.1 Å². The third-order valence-corrected chi connectivity index (χ3v) is 10.2. The zero-order valence-corrected chi connectivity index (χ0v) is 19.4. The first-order valence-electron chi connectivity index (χ1n) is 8.98. The van der Waals surface area contributed by atoms with E-state index >= 15 is 0 Å². The topological polar surface area (TPSA) is 38.7 Å². The Labute approximate surface area is 156 Å². The number of rotatable bonds is 7. The van der Waals surface area contributed by atoms with Gasteiger partial charge in [-0.2, -0.15) is 0 Å². The largest absolute Gasteiger partial charge is 0.541 e. The van der Waals surface area contributed by atoms with Gasteiger partial charge in [0.05, 0.1) is 21.3 Å². The SMILES string of the molecule is COc1cc(C[C@@H](O)/C=C/[Si](C)(C)C)ccc1O[Si](C)(C)C(C)(C)C. The Hall–Kier alpha value is -1.05. The third kappa shape index (κ3) is 7.00. The molecule has 1 N–H and O–H groups in total. The van der Waals surface area contributed by atoms with Gasteiger partial charge in [-0.1, -0.05) is 58.3 Å². The molecule has 0 saturated heterocycles. The molecule has 0 fully saturated rings. The maximum Gasteiger partial charge on any atom is 0.250 e. The molecule has 0 aromatic heterocycles. The van der Waals surface area contributed by atoms with Gasteiger partial charge in [-0.15, -0.1) is 0 Å². The molecule has 3 nitrogen and oxygen atoms in total. The van der Waals surface area contributed by atoms with Crippen LogP contribution in [-0.2, 0) is 6.42 Å². The van der Waals surface area contributed by atoms with E-state index in [1.165, 1.54) is 0 Å². The van der Waals surface area contributed by atoms with Gasteiger partial charge in [-0.3, -0.25) is 0 Å². The summed E-state index contributed by atoms with van der Waals surface area (Å²) in [6.45, 7) is 17.9. The van der Waals surface area contributed by atoms with Gasteiger partial charge >= 0.3 is 0 Å². The van der Waals surface area contributed by atoms with Crippen molar-refractivity contribution in [1.82, 2.24) is 0 Å². The number of methoxy groups -OCH3 is 1. The first kappa shape index (κ1) is 22.0. The van der Waals surface area contributed by atoms with Crippen LogP contribution < -0.4 is 9.16 Å². The summed E-state index contributed by atoms with van der Waals surface area (Å²) in [5, 5.41) is 10.4. The molecule has 0 amide bonds. The number of aliphatic hydroxyl groups excluding tert-OH is 1. The smallest absolute Gasteiger partial charge is 0.250 e. The number of hydrogen-bond donors (Lipinski definition) is 1. The molecule has 1 rings (SSSR count). The van der Waals surface area contributed by atoms with E-state index in [9.17, 15) is 5.11 Å². The van der Waals surface area contributed by atoms with Gasteiger partial charge in [0.2, 0.25) is 0 Å². The summed E-state index contributed by atoms with van der Waals surface area (Å²) in [6.07, 6.45) is 2.04. The fraction of sp³-hybridized carbons (Fsp3) is 0.600. The molecular weight excluding hydrogens is 344 g/mol. The lowest BCUT2D eigenvalue weighted by molar-refractivity contribution is 0.224. The summed E-state index contributed by atoms with van der Waals surface area (Å²) in [6, 6.07) is 5.98. The van der Waals surface area contributed by atoms with Crippen molar-refractivity contribution in [2.75, 3.05) is 7.11 Å². The second-order valence-electron chi connectivity index (χ2n) is 9.34. The van der Waals surface area contributed by atoms with E-state index in [4.69, 9.17) is 9.16 Å². The van der Waals surface area contributed by atoms with E-state index in [-0.39, 0.29) is 5.04 Å². The zero-order valence-electron chi connectivity index (χ0n) is 17.4. The molecule has 1 aromatic carbocycles. The predicted molar refractivity (Wildman–Crippen MR) is 113 cm³/mol. The lowest BCUT2D eigenvalue weighted by Crippen LogP contribution is -2.43. The van der Waals surface area contributed by atoms with E-state index in [1.54, 1.807) is 7.11 Å². The van der Waals surface area contributed by atoms with Gasteiger partial charge in [-0.05, 0) is 35.8 Å². The average molecular weight is 381 g/mol. The van der Waals surface area contributed by atoms with Crippen molar-refractivity contribution in [2.24, 2.45) is 0 Å². The highest BCUT2D eigenvalue weighted by atomic mass is 28.4. The van der Waals surface area contributed by atoms with Crippen molar-refractivity contribution in [1.29, 1.82) is 0 Å². The molecule has 0 heterocycles. The van der Waals surface area contributed by atoms with Gasteiger partial charge in [0, 0.05) is 6.42 Å². The lowest BCUT2D eigenvalue weighted by atomic mass is 10.1. The van der Waals surface area contributed by atoms with Crippen LogP contribution in [0.3, 0.4) is 0 Å². The lowest BCUT2D eigenvalue weighted by Gasteiger charge is -2.36. The van der Waals surface area contributed by atoms with Crippen LogP contribution in [-0.4, -0.2) is 34.7 Å². The Kier molecular flexibility index (Phi) is 7.13. The number of aliphatic hydroxyl groups is 1. The summed E-state index contributed by atoms with van der Waals surface area (Å²) in [4.78, 5) is 0. The Morgan fingerprint density at radius 3 is 2.16 bits per heavy atom. The molecule has 0 spiro atoms. The normalized spacial score (nSPS) is 14.6. The predicted octanol–water partition coefficient (Wildman–Crippen LogP) is 5.42. The van der Waals surface area contributed by atoms with E-state index in [0.29, 0.717) is 6.42 Å². The minimum atomic E-state index is -1.91. The zero-order chi connectivity index (χ0) is 19.5. The van der Waals surface area contributed by atoms with Crippen LogP contribution >= 0.6 is 0 Å². The Bertz CT molecular complexity index is 596. The fourth-order valence-corrected chi connectivity index (χ4v) is 3.88. The van der Waals surface area contributed by atoms with E-state index < -0.39 is 22.5 Å². The maximum absolute atomic E-state index is 10.3. The fourth-order valence-electron chi connectivity index (χ4n) is 2.06. The first-order chi connectivity index (χ1) is 11.2. The molecule has 25 heavy (non-hydrogen) atoms. The van der Waals surface area contributed by atoms with Crippen LogP contribution in [0.2, 0.25) is 37.8 Å². The summed E-state index contributed by atoms with van der Waals surface area (Å²) in [7, 11) is -1.54. The van der Waals surface area contributed by atoms with E-state index in [0.717, 1.165) is 17.1 Å². The number of ether oxygens (including phenoxy) is 1. The minimum absolute atomic E-state index is 0.133. The van der Waals surface area contributed by atoms with Gasteiger partial charge in [0.25, 0.3) is 8.32 Å². The van der Waals surface area contributed by atoms with Crippen LogP contribution in [0.1, 0.15) is 26.3 Å². The van der Waals surface area contributed by atoms with Crippen molar-refractivity contribution in [3.63, 3.8) is 0 Å². The monoisotopic (exact) mass is 380 g/mol. The first-order valence-corrected chi connectivity index (χ1v) is 15.5. The van der Waals surface area contributed by atoms with E-state index in [1.807, 2.05) is 24.3 Å². The molecule has 0 aliphatic carbocycles. The van der Waals surface area contributed by atoms with Crippen LogP contribution in [0.4, 0.5) is 0 Å². The standard InChI is InChI=1S/C20H36O3Si2/c1-20(2,3)25(8,9)23-18-11-10-16(15-19(18)22-4)14-17(21)12-13-24(5,6)7/h10-13,15,17,21H,14H2,1-9H3/b13-12+/t17-/m0/s1. The average Bonchev–Trinajstić information content (AvgIpc) is 2.44. The molecule has 0 saturated carbocycles. The molecule has 0 unspecified atom stereocenters. The Morgan fingerprint density at radius 1 is 1.08 bits per heavy atom. The van der Waals surface area contributed by atoms with Crippen molar-refractivity contribution in [3.05, 3.63) is 35.5 Å². The highest BCUT2D eigenvalue weighted by Gasteiger charge is 2.39. The van der Waals surface area contributed by atoms with Crippen molar-refractivity contribution in [3.8, 4) is 11.5 Å². The molecule has 0 aliphatic rings. The van der Waals surface area contributed by atoms with Crippen LogP contribution in [0, 0.1) is 0 Å². The maximum atomic E-state index is 10.3. The second kappa shape index (κ2) is 8.10. The minimum Gasteiger partial charge on any atom is -0.541 e. The molecule has 0 radical (unpaired) electrons. The summed E-state index contributed by atoms with van der Waals surface area (Å²) >= 11 is 0. The van der Waals surface area contributed by atoms with Gasteiger partial charge in [0.15, 0.2) is 5.75 Å². The van der Waals surface area contributed by atoms with Crippen LogP contribution in [0.25, 0.3) is 0 Å². The highest BCUT2D eigenvalue weighted by molar-refractivity contribution is 6.81. The molecule has 1 atom stereocenters.